The number of phenolic OH excluding ortho intramolecular Hbond substituents is 1. The van der Waals surface area contributed by atoms with Crippen LogP contribution in [0.4, 0.5) is 13.2 Å². The Morgan fingerprint density at radius 1 is 1.05 bits per heavy atom. The quantitative estimate of drug-likeness (QED) is 0.308. The molecule has 42 heavy (non-hydrogen) atoms. The molecule has 0 aromatic heterocycles. The van der Waals surface area contributed by atoms with Crippen LogP contribution in [0.25, 0.3) is 0 Å². The SMILES string of the molecule is Cc1ccc(F)cc1CNC(=O)C1CC(F)(F)CN1C(=O)[C@@H](O)[C@H](Cc1ccccc1)NC(=O)c1cccc(O)c1C. The summed E-state index contributed by atoms with van der Waals surface area (Å²) in [6.45, 7) is 1.98. The van der Waals surface area contributed by atoms with Crippen LogP contribution in [0.2, 0.25) is 0 Å². The highest BCUT2D eigenvalue weighted by Gasteiger charge is 2.51. The number of aliphatic hydroxyl groups excluding tert-OH is 1. The number of carbonyl (C=O) groups excluding carboxylic acids is 3. The van der Waals surface area contributed by atoms with Gasteiger partial charge in [-0.2, -0.15) is 0 Å². The number of nitrogens with zero attached hydrogens (tertiary/aromatic N) is 1. The third kappa shape index (κ3) is 7.09. The molecule has 1 aliphatic heterocycles. The van der Waals surface area contributed by atoms with Crippen molar-refractivity contribution in [2.45, 2.75) is 57.3 Å². The topological polar surface area (TPSA) is 119 Å². The lowest BCUT2D eigenvalue weighted by atomic mass is 9.98. The van der Waals surface area contributed by atoms with E-state index in [0.717, 1.165) is 0 Å². The normalized spacial score (nSPS) is 17.4. The molecule has 1 saturated heterocycles. The van der Waals surface area contributed by atoms with E-state index in [9.17, 15) is 37.8 Å². The van der Waals surface area contributed by atoms with Crippen molar-refractivity contribution in [1.29, 1.82) is 0 Å². The van der Waals surface area contributed by atoms with E-state index >= 15 is 0 Å². The maximum absolute atomic E-state index is 14.6. The van der Waals surface area contributed by atoms with Gasteiger partial charge in [0.1, 0.15) is 17.6 Å². The number of hydrogen-bond acceptors (Lipinski definition) is 5. The first-order chi connectivity index (χ1) is 19.9. The van der Waals surface area contributed by atoms with Crippen molar-refractivity contribution in [3.05, 3.63) is 100 Å². The molecule has 0 spiro atoms. The van der Waals surface area contributed by atoms with Crippen LogP contribution >= 0.6 is 0 Å². The molecule has 1 heterocycles. The van der Waals surface area contributed by atoms with Crippen molar-refractivity contribution < 1.29 is 37.8 Å². The fourth-order valence-electron chi connectivity index (χ4n) is 4.98. The highest BCUT2D eigenvalue weighted by molar-refractivity contribution is 5.97. The van der Waals surface area contributed by atoms with Gasteiger partial charge < -0.3 is 25.7 Å². The minimum atomic E-state index is -3.40. The molecule has 0 aliphatic carbocycles. The minimum Gasteiger partial charge on any atom is -0.508 e. The van der Waals surface area contributed by atoms with E-state index in [0.29, 0.717) is 21.6 Å². The largest absolute Gasteiger partial charge is 0.508 e. The van der Waals surface area contributed by atoms with Gasteiger partial charge in [0.2, 0.25) is 5.91 Å². The summed E-state index contributed by atoms with van der Waals surface area (Å²) in [5, 5.41) is 26.3. The summed E-state index contributed by atoms with van der Waals surface area (Å²) in [5.74, 6) is -6.77. The van der Waals surface area contributed by atoms with E-state index in [2.05, 4.69) is 10.6 Å². The molecule has 3 aromatic rings. The molecule has 1 aliphatic rings. The second-order valence-electron chi connectivity index (χ2n) is 10.5. The summed E-state index contributed by atoms with van der Waals surface area (Å²) in [5.41, 5.74) is 2.15. The molecule has 0 bridgehead atoms. The summed E-state index contributed by atoms with van der Waals surface area (Å²) >= 11 is 0. The lowest BCUT2D eigenvalue weighted by Gasteiger charge is -2.30. The summed E-state index contributed by atoms with van der Waals surface area (Å²) < 4.78 is 42.8. The zero-order valence-corrected chi connectivity index (χ0v) is 23.1. The lowest BCUT2D eigenvalue weighted by molar-refractivity contribution is -0.147. The van der Waals surface area contributed by atoms with Crippen LogP contribution in [0, 0.1) is 19.7 Å². The number of benzene rings is 3. The molecule has 11 heteroatoms. The summed E-state index contributed by atoms with van der Waals surface area (Å²) in [4.78, 5) is 40.3. The van der Waals surface area contributed by atoms with Gasteiger partial charge in [0.05, 0.1) is 12.6 Å². The van der Waals surface area contributed by atoms with Crippen molar-refractivity contribution in [1.82, 2.24) is 15.5 Å². The van der Waals surface area contributed by atoms with Crippen molar-refractivity contribution >= 4 is 17.7 Å². The molecule has 0 saturated carbocycles. The highest BCUT2D eigenvalue weighted by atomic mass is 19.3. The number of amides is 3. The van der Waals surface area contributed by atoms with Crippen molar-refractivity contribution in [3.63, 3.8) is 0 Å². The van der Waals surface area contributed by atoms with Crippen LogP contribution < -0.4 is 10.6 Å². The molecule has 3 amide bonds. The Morgan fingerprint density at radius 3 is 2.48 bits per heavy atom. The first-order valence-corrected chi connectivity index (χ1v) is 13.4. The summed E-state index contributed by atoms with van der Waals surface area (Å²) in [6.07, 6.45) is -2.98. The van der Waals surface area contributed by atoms with Crippen molar-refractivity contribution in [2.24, 2.45) is 0 Å². The van der Waals surface area contributed by atoms with Gasteiger partial charge >= 0.3 is 0 Å². The lowest BCUT2D eigenvalue weighted by Crippen LogP contribution is -2.56. The summed E-state index contributed by atoms with van der Waals surface area (Å²) in [7, 11) is 0. The Bertz CT molecular complexity index is 1470. The van der Waals surface area contributed by atoms with E-state index < -0.39 is 60.6 Å². The number of alkyl halides is 2. The molecule has 0 radical (unpaired) electrons. The molecule has 8 nitrogen and oxygen atoms in total. The summed E-state index contributed by atoms with van der Waals surface area (Å²) in [6, 6.07) is 14.1. The van der Waals surface area contributed by atoms with Crippen LogP contribution in [-0.2, 0) is 22.6 Å². The second kappa shape index (κ2) is 12.6. The van der Waals surface area contributed by atoms with E-state index in [-0.39, 0.29) is 29.8 Å². The van der Waals surface area contributed by atoms with Gasteiger partial charge in [-0.3, -0.25) is 14.4 Å². The van der Waals surface area contributed by atoms with E-state index in [1.807, 2.05) is 0 Å². The third-order valence-electron chi connectivity index (χ3n) is 7.42. The van der Waals surface area contributed by atoms with Gasteiger partial charge in [-0.05, 0) is 61.2 Å². The van der Waals surface area contributed by atoms with Gasteiger partial charge in [-0.15, -0.1) is 0 Å². The van der Waals surface area contributed by atoms with Gasteiger partial charge in [-0.1, -0.05) is 42.5 Å². The van der Waals surface area contributed by atoms with Gasteiger partial charge in [0, 0.05) is 24.1 Å². The number of phenols is 1. The predicted octanol–water partition coefficient (Wildman–Crippen LogP) is 3.40. The number of aromatic hydroxyl groups is 1. The number of aryl methyl sites for hydroxylation is 1. The standard InChI is InChI=1S/C31H32F3N3O5/c1-18-11-12-22(32)14-21(18)16-35-29(41)25-15-31(33,34)17-37(25)30(42)27(39)24(13-20-7-4-3-5-8-20)36-28(40)23-9-6-10-26(38)19(23)2/h3-12,14,24-25,27,38-39H,13,15-17H2,1-2H3,(H,35,41)(H,36,40)/t24-,25?,27-/m0/s1. The minimum absolute atomic E-state index is 0.0305. The Balaban J connectivity index is 1.56. The first kappa shape index (κ1) is 30.6. The fraction of sp³-hybridized carbons (Fsp3) is 0.323. The average molecular weight is 584 g/mol. The van der Waals surface area contributed by atoms with E-state index in [1.54, 1.807) is 37.3 Å². The zero-order chi connectivity index (χ0) is 30.6. The smallest absolute Gasteiger partial charge is 0.267 e. The second-order valence-corrected chi connectivity index (χ2v) is 10.5. The number of likely N-dealkylation sites (tertiary alicyclic amines) is 1. The molecule has 4 rings (SSSR count). The van der Waals surface area contributed by atoms with Crippen molar-refractivity contribution in [2.75, 3.05) is 6.54 Å². The molecule has 3 aromatic carbocycles. The molecular formula is C31H32F3N3O5. The zero-order valence-electron chi connectivity index (χ0n) is 23.1. The predicted molar refractivity (Wildman–Crippen MR) is 148 cm³/mol. The molecule has 222 valence electrons. The number of hydrogen-bond donors (Lipinski definition) is 4. The van der Waals surface area contributed by atoms with E-state index in [1.165, 1.54) is 43.3 Å². The Morgan fingerprint density at radius 2 is 1.76 bits per heavy atom. The Labute approximate surface area is 241 Å². The van der Waals surface area contributed by atoms with Gasteiger partial charge in [-0.25, -0.2) is 13.2 Å². The number of carbonyl (C=O) groups is 3. The maximum Gasteiger partial charge on any atom is 0.267 e. The van der Waals surface area contributed by atoms with Crippen LogP contribution in [-0.4, -0.2) is 63.5 Å². The molecule has 1 unspecified atom stereocenters. The van der Waals surface area contributed by atoms with Crippen LogP contribution in [0.1, 0.15) is 39.0 Å². The van der Waals surface area contributed by atoms with Gasteiger partial charge in [0.25, 0.3) is 17.7 Å². The molecule has 3 atom stereocenters. The highest BCUT2D eigenvalue weighted by Crippen LogP contribution is 2.33. The first-order valence-electron chi connectivity index (χ1n) is 13.4. The van der Waals surface area contributed by atoms with Crippen LogP contribution in [0.3, 0.4) is 0 Å². The number of nitrogens with one attached hydrogen (secondary N) is 2. The fourth-order valence-corrected chi connectivity index (χ4v) is 4.98. The van der Waals surface area contributed by atoms with E-state index in [4.69, 9.17) is 0 Å². The monoisotopic (exact) mass is 583 g/mol. The molecular weight excluding hydrogens is 551 g/mol. The maximum atomic E-state index is 14.6. The molecule has 4 N–H and O–H groups in total. The molecule has 1 fully saturated rings. The Hall–Kier alpha value is -4.38. The number of aliphatic hydroxyl groups is 1. The van der Waals surface area contributed by atoms with Crippen LogP contribution in [0.15, 0.2) is 66.7 Å². The third-order valence-corrected chi connectivity index (χ3v) is 7.42. The van der Waals surface area contributed by atoms with Crippen molar-refractivity contribution in [3.8, 4) is 5.75 Å². The van der Waals surface area contributed by atoms with Crippen LogP contribution in [0.5, 0.6) is 5.75 Å². The Kier molecular flexibility index (Phi) is 9.20. The number of halogens is 3. The van der Waals surface area contributed by atoms with Gasteiger partial charge in [0.15, 0.2) is 6.10 Å². The average Bonchev–Trinajstić information content (AvgIpc) is 3.29. The number of rotatable bonds is 9.